The van der Waals surface area contributed by atoms with Crippen LogP contribution in [0.4, 0.5) is 5.69 Å². The lowest BCUT2D eigenvalue weighted by molar-refractivity contribution is 0.102. The molecule has 1 amide bonds. The highest BCUT2D eigenvalue weighted by Gasteiger charge is 2.13. The van der Waals surface area contributed by atoms with Gasteiger partial charge in [0.1, 0.15) is 0 Å². The van der Waals surface area contributed by atoms with Crippen molar-refractivity contribution in [3.05, 3.63) is 84.2 Å². The van der Waals surface area contributed by atoms with Crippen LogP contribution in [0.25, 0.3) is 22.9 Å². The molecule has 0 bridgehead atoms. The van der Waals surface area contributed by atoms with Gasteiger partial charge in [-0.1, -0.05) is 18.2 Å². The molecule has 4 aromatic rings. The third kappa shape index (κ3) is 3.59. The predicted octanol–water partition coefficient (Wildman–Crippen LogP) is 4.36. The normalized spacial score (nSPS) is 10.6. The van der Waals surface area contributed by atoms with Gasteiger partial charge in [-0.3, -0.25) is 9.78 Å². The van der Waals surface area contributed by atoms with Crippen LogP contribution in [0.5, 0.6) is 0 Å². The summed E-state index contributed by atoms with van der Waals surface area (Å²) in [5.74, 6) is 0.691. The van der Waals surface area contributed by atoms with Crippen molar-refractivity contribution in [2.75, 3.05) is 5.32 Å². The standard InChI is InChI=1S/C21H16N4O2/c1-14-4-2-3-5-18(14)21-25-24-20(27-21)16-8-6-15(7-9-16)19(26)23-17-10-12-22-13-11-17/h2-13H,1H3,(H,22,23,26). The zero-order valence-corrected chi connectivity index (χ0v) is 14.6. The summed E-state index contributed by atoms with van der Waals surface area (Å²) in [6.07, 6.45) is 3.25. The molecule has 0 atom stereocenters. The van der Waals surface area contributed by atoms with Crippen molar-refractivity contribution in [2.24, 2.45) is 0 Å². The number of benzene rings is 2. The van der Waals surface area contributed by atoms with Gasteiger partial charge in [-0.15, -0.1) is 10.2 Å². The van der Waals surface area contributed by atoms with E-state index in [9.17, 15) is 4.79 Å². The number of rotatable bonds is 4. The van der Waals surface area contributed by atoms with Gasteiger partial charge < -0.3 is 9.73 Å². The first-order valence-electron chi connectivity index (χ1n) is 8.42. The van der Waals surface area contributed by atoms with Gasteiger partial charge in [0, 0.05) is 34.8 Å². The third-order valence-electron chi connectivity index (χ3n) is 4.13. The number of nitrogens with one attached hydrogen (secondary N) is 1. The molecule has 0 aliphatic rings. The number of nitrogens with zero attached hydrogens (tertiary/aromatic N) is 3. The van der Waals surface area contributed by atoms with Crippen LogP contribution in [0.15, 0.2) is 77.5 Å². The number of aromatic nitrogens is 3. The van der Waals surface area contributed by atoms with E-state index in [4.69, 9.17) is 4.42 Å². The Morgan fingerprint density at radius 2 is 1.59 bits per heavy atom. The largest absolute Gasteiger partial charge is 0.416 e. The van der Waals surface area contributed by atoms with Crippen LogP contribution in [-0.4, -0.2) is 21.1 Å². The van der Waals surface area contributed by atoms with E-state index in [1.807, 2.05) is 31.2 Å². The van der Waals surface area contributed by atoms with Gasteiger partial charge >= 0.3 is 0 Å². The highest BCUT2D eigenvalue weighted by Crippen LogP contribution is 2.26. The summed E-state index contributed by atoms with van der Waals surface area (Å²) in [5, 5.41) is 11.1. The number of anilines is 1. The van der Waals surface area contributed by atoms with E-state index in [1.54, 1.807) is 48.8 Å². The zero-order valence-electron chi connectivity index (χ0n) is 14.6. The Balaban J connectivity index is 1.53. The average molecular weight is 356 g/mol. The van der Waals surface area contributed by atoms with Gasteiger partial charge in [0.25, 0.3) is 5.91 Å². The van der Waals surface area contributed by atoms with Crippen molar-refractivity contribution in [1.29, 1.82) is 0 Å². The van der Waals surface area contributed by atoms with Crippen molar-refractivity contribution < 1.29 is 9.21 Å². The van der Waals surface area contributed by atoms with Crippen LogP contribution in [0, 0.1) is 6.92 Å². The predicted molar refractivity (Wildman–Crippen MR) is 102 cm³/mol. The molecule has 1 N–H and O–H groups in total. The summed E-state index contributed by atoms with van der Waals surface area (Å²) < 4.78 is 5.80. The fourth-order valence-corrected chi connectivity index (χ4v) is 2.66. The van der Waals surface area contributed by atoms with Gasteiger partial charge in [-0.05, 0) is 55.0 Å². The molecule has 6 heteroatoms. The number of aryl methyl sites for hydroxylation is 1. The van der Waals surface area contributed by atoms with Crippen LogP contribution in [0.1, 0.15) is 15.9 Å². The Hall–Kier alpha value is -3.80. The molecule has 0 fully saturated rings. The number of carbonyl (C=O) groups excluding carboxylic acids is 1. The second-order valence-electron chi connectivity index (χ2n) is 5.99. The van der Waals surface area contributed by atoms with Gasteiger partial charge in [-0.2, -0.15) is 0 Å². The Labute approximate surface area is 155 Å². The Kier molecular flexibility index (Phi) is 4.45. The smallest absolute Gasteiger partial charge is 0.255 e. The summed E-state index contributed by atoms with van der Waals surface area (Å²) in [7, 11) is 0. The van der Waals surface area contributed by atoms with Crippen LogP contribution in [0.2, 0.25) is 0 Å². The fourth-order valence-electron chi connectivity index (χ4n) is 2.66. The monoisotopic (exact) mass is 356 g/mol. The van der Waals surface area contributed by atoms with E-state index >= 15 is 0 Å². The van der Waals surface area contributed by atoms with Crippen molar-refractivity contribution in [1.82, 2.24) is 15.2 Å². The van der Waals surface area contributed by atoms with E-state index in [2.05, 4.69) is 20.5 Å². The minimum Gasteiger partial charge on any atom is -0.416 e. The Morgan fingerprint density at radius 1 is 0.889 bits per heavy atom. The molecular formula is C21H16N4O2. The number of carbonyl (C=O) groups is 1. The van der Waals surface area contributed by atoms with E-state index in [0.29, 0.717) is 23.0 Å². The number of hydrogen-bond acceptors (Lipinski definition) is 5. The summed E-state index contributed by atoms with van der Waals surface area (Å²) in [6, 6.07) is 18.3. The number of hydrogen-bond donors (Lipinski definition) is 1. The first kappa shape index (κ1) is 16.7. The van der Waals surface area contributed by atoms with Gasteiger partial charge in [0.2, 0.25) is 11.8 Å². The first-order valence-corrected chi connectivity index (χ1v) is 8.42. The average Bonchev–Trinajstić information content (AvgIpc) is 3.19. The molecule has 0 spiro atoms. The molecule has 0 saturated carbocycles. The molecule has 2 heterocycles. The SMILES string of the molecule is Cc1ccccc1-c1nnc(-c2ccc(C(=O)Nc3ccncc3)cc2)o1. The molecule has 0 aliphatic carbocycles. The molecule has 0 radical (unpaired) electrons. The van der Waals surface area contributed by atoms with Gasteiger partial charge in [-0.25, -0.2) is 0 Å². The second kappa shape index (κ2) is 7.21. The van der Waals surface area contributed by atoms with Crippen molar-refractivity contribution >= 4 is 11.6 Å². The Bertz CT molecular complexity index is 1070. The second-order valence-corrected chi connectivity index (χ2v) is 5.99. The highest BCUT2D eigenvalue weighted by atomic mass is 16.4. The third-order valence-corrected chi connectivity index (χ3v) is 4.13. The van der Waals surface area contributed by atoms with E-state index in [-0.39, 0.29) is 5.91 Å². The van der Waals surface area contributed by atoms with Crippen LogP contribution >= 0.6 is 0 Å². The molecule has 6 nitrogen and oxygen atoms in total. The lowest BCUT2D eigenvalue weighted by atomic mass is 10.1. The summed E-state index contributed by atoms with van der Waals surface area (Å²) in [6.45, 7) is 2.00. The lowest BCUT2D eigenvalue weighted by Crippen LogP contribution is -2.11. The van der Waals surface area contributed by atoms with Crippen molar-refractivity contribution in [3.8, 4) is 22.9 Å². The van der Waals surface area contributed by atoms with Crippen LogP contribution < -0.4 is 5.32 Å². The molecular weight excluding hydrogens is 340 g/mol. The molecule has 0 saturated heterocycles. The van der Waals surface area contributed by atoms with E-state index in [1.165, 1.54) is 0 Å². The van der Waals surface area contributed by atoms with Crippen LogP contribution in [0.3, 0.4) is 0 Å². The van der Waals surface area contributed by atoms with Crippen molar-refractivity contribution in [3.63, 3.8) is 0 Å². The maximum atomic E-state index is 12.3. The quantitative estimate of drug-likeness (QED) is 0.587. The summed E-state index contributed by atoms with van der Waals surface area (Å²) in [5.41, 5.74) is 3.95. The van der Waals surface area contributed by atoms with Crippen LogP contribution in [-0.2, 0) is 0 Å². The Morgan fingerprint density at radius 3 is 2.33 bits per heavy atom. The summed E-state index contributed by atoms with van der Waals surface area (Å²) in [4.78, 5) is 16.2. The van der Waals surface area contributed by atoms with E-state index < -0.39 is 0 Å². The molecule has 4 rings (SSSR count). The van der Waals surface area contributed by atoms with Crippen molar-refractivity contribution in [2.45, 2.75) is 6.92 Å². The first-order chi connectivity index (χ1) is 13.2. The molecule has 2 aromatic carbocycles. The molecule has 0 unspecified atom stereocenters. The summed E-state index contributed by atoms with van der Waals surface area (Å²) >= 11 is 0. The molecule has 132 valence electrons. The fraction of sp³-hybridized carbons (Fsp3) is 0.0476. The zero-order chi connectivity index (χ0) is 18.6. The van der Waals surface area contributed by atoms with Gasteiger partial charge in [0.15, 0.2) is 0 Å². The number of amides is 1. The maximum Gasteiger partial charge on any atom is 0.255 e. The molecule has 2 aromatic heterocycles. The molecule has 0 aliphatic heterocycles. The minimum absolute atomic E-state index is 0.195. The highest BCUT2D eigenvalue weighted by molar-refractivity contribution is 6.04. The van der Waals surface area contributed by atoms with E-state index in [0.717, 1.165) is 16.7 Å². The molecule has 27 heavy (non-hydrogen) atoms. The minimum atomic E-state index is -0.195. The topological polar surface area (TPSA) is 80.9 Å². The number of pyridine rings is 1. The maximum absolute atomic E-state index is 12.3. The lowest BCUT2D eigenvalue weighted by Gasteiger charge is -2.05. The van der Waals surface area contributed by atoms with Gasteiger partial charge in [0.05, 0.1) is 0 Å².